The summed E-state index contributed by atoms with van der Waals surface area (Å²) in [5.74, 6) is 0. The van der Waals surface area contributed by atoms with Gasteiger partial charge in [0.2, 0.25) is 4.80 Å². The van der Waals surface area contributed by atoms with E-state index in [-0.39, 0.29) is 0 Å². The molecular formula is C5H7N3OS. The number of hydrogen-bond donors (Lipinski definition) is 0. The van der Waals surface area contributed by atoms with Gasteiger partial charge in [0.1, 0.15) is 0 Å². The third-order valence-corrected chi connectivity index (χ3v) is 1.91. The molecule has 0 bridgehead atoms. The number of thiazole rings is 1. The summed E-state index contributed by atoms with van der Waals surface area (Å²) in [6, 6.07) is 0. The van der Waals surface area contributed by atoms with E-state index < -0.39 is 0 Å². The number of rotatable bonds is 2. The van der Waals surface area contributed by atoms with Gasteiger partial charge in [0.25, 0.3) is 0 Å². The molecule has 0 aliphatic carbocycles. The first-order valence-corrected chi connectivity index (χ1v) is 3.76. The summed E-state index contributed by atoms with van der Waals surface area (Å²) >= 11 is 1.40. The van der Waals surface area contributed by atoms with Crippen molar-refractivity contribution in [3.05, 3.63) is 21.3 Å². The molecule has 0 aromatic carbocycles. The largest absolute Gasteiger partial charge is 0.322 e. The lowest BCUT2D eigenvalue weighted by Crippen LogP contribution is -2.11. The molecule has 5 heteroatoms. The first-order valence-electron chi connectivity index (χ1n) is 2.88. The van der Waals surface area contributed by atoms with Gasteiger partial charge in [-0.25, -0.2) is 0 Å². The van der Waals surface area contributed by atoms with E-state index in [1.54, 1.807) is 0 Å². The van der Waals surface area contributed by atoms with Crippen LogP contribution in [-0.4, -0.2) is 4.57 Å². The Morgan fingerprint density at radius 1 is 1.80 bits per heavy atom. The smallest absolute Gasteiger partial charge is 0.213 e. The molecule has 1 heterocycles. The molecule has 10 heavy (non-hydrogen) atoms. The number of nitrogens with zero attached hydrogens (tertiary/aromatic N) is 3. The minimum atomic E-state index is 0.650. The summed E-state index contributed by atoms with van der Waals surface area (Å²) in [6.45, 7) is 2.80. The second-order valence-electron chi connectivity index (χ2n) is 1.65. The molecule has 0 N–H and O–H groups in total. The predicted molar refractivity (Wildman–Crippen MR) is 39.3 cm³/mol. The van der Waals surface area contributed by atoms with Crippen molar-refractivity contribution < 1.29 is 0 Å². The molecule has 0 radical (unpaired) electrons. The monoisotopic (exact) mass is 157 g/mol. The zero-order chi connectivity index (χ0) is 7.40. The molecule has 0 saturated heterocycles. The van der Waals surface area contributed by atoms with Crippen LogP contribution in [0, 0.1) is 4.91 Å². The van der Waals surface area contributed by atoms with Crippen LogP contribution in [-0.2, 0) is 6.54 Å². The molecule has 0 atom stereocenters. The van der Waals surface area contributed by atoms with Gasteiger partial charge >= 0.3 is 0 Å². The maximum Gasteiger partial charge on any atom is 0.213 e. The average molecular weight is 157 g/mol. The first-order chi connectivity index (χ1) is 4.88. The Labute approximate surface area is 61.8 Å². The predicted octanol–water partition coefficient (Wildman–Crippen LogP) is 1.15. The van der Waals surface area contributed by atoms with Gasteiger partial charge in [-0.1, -0.05) is 5.10 Å². The maximum absolute atomic E-state index is 9.72. The molecule has 0 amide bonds. The molecule has 0 unspecified atom stereocenters. The Morgan fingerprint density at radius 2 is 2.60 bits per heavy atom. The van der Waals surface area contributed by atoms with Crippen LogP contribution in [0.3, 0.4) is 0 Å². The fourth-order valence-corrected chi connectivity index (χ4v) is 1.39. The SMILES string of the molecule is CCn1ccsc1=NN=O. The molecule has 1 aromatic heterocycles. The molecule has 1 aromatic rings. The van der Waals surface area contributed by atoms with Gasteiger partial charge in [-0.15, -0.1) is 16.2 Å². The van der Waals surface area contributed by atoms with Crippen LogP contribution in [0.1, 0.15) is 6.92 Å². The van der Waals surface area contributed by atoms with Crippen LogP contribution in [0.15, 0.2) is 22.0 Å². The normalized spacial score (nSPS) is 11.9. The first kappa shape index (κ1) is 7.14. The van der Waals surface area contributed by atoms with Crippen LogP contribution >= 0.6 is 11.3 Å². The Balaban J connectivity index is 3.13. The Bertz CT molecular complexity index is 274. The van der Waals surface area contributed by atoms with Crippen molar-refractivity contribution >= 4 is 11.3 Å². The highest BCUT2D eigenvalue weighted by molar-refractivity contribution is 7.07. The molecule has 4 nitrogen and oxygen atoms in total. The van der Waals surface area contributed by atoms with Crippen LogP contribution in [0.5, 0.6) is 0 Å². The van der Waals surface area contributed by atoms with Gasteiger partial charge in [-0.3, -0.25) is 0 Å². The van der Waals surface area contributed by atoms with Crippen molar-refractivity contribution in [1.82, 2.24) is 4.57 Å². The maximum atomic E-state index is 9.72. The summed E-state index contributed by atoms with van der Waals surface area (Å²) in [5.41, 5.74) is 0. The fourth-order valence-electron chi connectivity index (χ4n) is 0.653. The van der Waals surface area contributed by atoms with E-state index in [4.69, 9.17) is 0 Å². The quantitative estimate of drug-likeness (QED) is 0.469. The van der Waals surface area contributed by atoms with Crippen molar-refractivity contribution in [2.45, 2.75) is 13.5 Å². The second kappa shape index (κ2) is 3.26. The van der Waals surface area contributed by atoms with Gasteiger partial charge in [0, 0.05) is 18.1 Å². The third kappa shape index (κ3) is 1.30. The Hall–Kier alpha value is -0.970. The molecule has 0 fully saturated rings. The minimum absolute atomic E-state index is 0.650. The molecule has 54 valence electrons. The molecular weight excluding hydrogens is 150 g/mol. The average Bonchev–Trinajstić information content (AvgIpc) is 2.36. The van der Waals surface area contributed by atoms with Crippen molar-refractivity contribution in [3.8, 4) is 0 Å². The highest BCUT2D eigenvalue weighted by Gasteiger charge is 1.89. The number of aryl methyl sites for hydroxylation is 1. The summed E-state index contributed by atoms with van der Waals surface area (Å²) in [5, 5.41) is 7.71. The van der Waals surface area contributed by atoms with Gasteiger partial charge in [-0.2, -0.15) is 0 Å². The standard InChI is InChI=1S/C5H7N3OS/c1-2-8-3-4-10-5(8)6-7-9/h3-4H,2H2,1H3. The lowest BCUT2D eigenvalue weighted by atomic mass is 10.7. The zero-order valence-electron chi connectivity index (χ0n) is 5.52. The molecule has 0 aliphatic rings. The molecule has 0 aliphatic heterocycles. The van der Waals surface area contributed by atoms with E-state index in [2.05, 4.69) is 10.4 Å². The molecule has 1 rings (SSSR count). The fraction of sp³-hybridized carbons (Fsp3) is 0.400. The van der Waals surface area contributed by atoms with E-state index >= 15 is 0 Å². The second-order valence-corrected chi connectivity index (χ2v) is 2.53. The van der Waals surface area contributed by atoms with E-state index in [1.807, 2.05) is 23.1 Å². The van der Waals surface area contributed by atoms with Crippen molar-refractivity contribution in [2.75, 3.05) is 0 Å². The van der Waals surface area contributed by atoms with Crippen molar-refractivity contribution in [1.29, 1.82) is 0 Å². The van der Waals surface area contributed by atoms with Crippen LogP contribution in [0.4, 0.5) is 0 Å². The summed E-state index contributed by atoms with van der Waals surface area (Å²) < 4.78 is 1.85. The highest BCUT2D eigenvalue weighted by atomic mass is 32.1. The van der Waals surface area contributed by atoms with Gasteiger partial charge in [0.05, 0.1) is 5.29 Å². The van der Waals surface area contributed by atoms with E-state index in [1.165, 1.54) is 11.3 Å². The van der Waals surface area contributed by atoms with Crippen LogP contribution in [0.2, 0.25) is 0 Å². The van der Waals surface area contributed by atoms with Crippen molar-refractivity contribution in [3.63, 3.8) is 0 Å². The summed E-state index contributed by atoms with van der Waals surface area (Å²) in [4.78, 5) is 10.4. The third-order valence-electron chi connectivity index (χ3n) is 1.13. The van der Waals surface area contributed by atoms with E-state index in [0.717, 1.165) is 6.54 Å². The van der Waals surface area contributed by atoms with E-state index in [0.29, 0.717) is 4.80 Å². The highest BCUT2D eigenvalue weighted by Crippen LogP contribution is 1.88. The minimum Gasteiger partial charge on any atom is -0.322 e. The van der Waals surface area contributed by atoms with Crippen molar-refractivity contribution in [2.24, 2.45) is 10.4 Å². The number of hydrogen-bond acceptors (Lipinski definition) is 3. The number of nitroso groups, excluding NO2 is 1. The molecule has 0 saturated carbocycles. The van der Waals surface area contributed by atoms with Crippen LogP contribution in [0.25, 0.3) is 0 Å². The molecule has 0 spiro atoms. The van der Waals surface area contributed by atoms with Gasteiger partial charge < -0.3 is 4.57 Å². The van der Waals surface area contributed by atoms with E-state index in [9.17, 15) is 4.91 Å². The number of aromatic nitrogens is 1. The lowest BCUT2D eigenvalue weighted by Gasteiger charge is -1.90. The zero-order valence-corrected chi connectivity index (χ0v) is 6.34. The van der Waals surface area contributed by atoms with Gasteiger partial charge in [0.15, 0.2) is 0 Å². The Morgan fingerprint density at radius 3 is 3.20 bits per heavy atom. The summed E-state index contributed by atoms with van der Waals surface area (Å²) in [6.07, 6.45) is 1.87. The van der Waals surface area contributed by atoms with Crippen LogP contribution < -0.4 is 4.80 Å². The topological polar surface area (TPSA) is 46.7 Å². The lowest BCUT2D eigenvalue weighted by molar-refractivity contribution is 0.728. The van der Waals surface area contributed by atoms with Gasteiger partial charge in [-0.05, 0) is 6.92 Å². The Kier molecular flexibility index (Phi) is 2.33. The summed E-state index contributed by atoms with van der Waals surface area (Å²) in [7, 11) is 0.